The van der Waals surface area contributed by atoms with Crippen LogP contribution in [0.3, 0.4) is 0 Å². The Labute approximate surface area is 110 Å². The van der Waals surface area contributed by atoms with Crippen LogP contribution in [-0.4, -0.2) is 37.4 Å². The summed E-state index contributed by atoms with van der Waals surface area (Å²) in [5, 5.41) is 12.5. The van der Waals surface area contributed by atoms with Crippen molar-refractivity contribution < 1.29 is 14.6 Å². The number of hydrogen-bond donors (Lipinski definition) is 2. The van der Waals surface area contributed by atoms with Crippen molar-refractivity contribution in [2.45, 2.75) is 45.6 Å². The van der Waals surface area contributed by atoms with Gasteiger partial charge in [0.2, 0.25) is 0 Å². The van der Waals surface area contributed by atoms with E-state index >= 15 is 0 Å². The topological polar surface area (TPSA) is 58.6 Å². The largest absolute Gasteiger partial charge is 0.481 e. The highest BCUT2D eigenvalue weighted by molar-refractivity contribution is 5.69. The molecule has 1 aliphatic carbocycles. The molecular formula is C14H27NO3. The molecule has 1 rings (SSSR count). The molecule has 0 aromatic heterocycles. The number of methoxy groups -OCH3 is 1. The smallest absolute Gasteiger partial charge is 0.306 e. The van der Waals surface area contributed by atoms with Gasteiger partial charge in [-0.3, -0.25) is 4.79 Å². The maximum atomic E-state index is 10.9. The van der Waals surface area contributed by atoms with E-state index in [0.717, 1.165) is 38.8 Å². The molecule has 1 unspecified atom stereocenters. The molecule has 0 radical (unpaired) electrons. The normalized spacial score (nSPS) is 26.2. The fraction of sp³-hybridized carbons (Fsp3) is 0.929. The molecule has 0 aromatic rings. The zero-order valence-corrected chi connectivity index (χ0v) is 11.8. The van der Waals surface area contributed by atoms with Gasteiger partial charge in [-0.2, -0.15) is 0 Å². The monoisotopic (exact) mass is 257 g/mol. The average molecular weight is 257 g/mol. The Morgan fingerprint density at radius 1 is 1.33 bits per heavy atom. The minimum atomic E-state index is -0.624. The number of carboxylic acids is 1. The van der Waals surface area contributed by atoms with Gasteiger partial charge in [0.15, 0.2) is 0 Å². The number of aliphatic carboxylic acids is 1. The lowest BCUT2D eigenvalue weighted by Gasteiger charge is -2.29. The van der Waals surface area contributed by atoms with Crippen molar-refractivity contribution in [1.82, 2.24) is 5.32 Å². The molecule has 0 amide bonds. The maximum absolute atomic E-state index is 10.9. The van der Waals surface area contributed by atoms with Crippen molar-refractivity contribution in [2.24, 2.45) is 17.8 Å². The molecule has 2 N–H and O–H groups in total. The third-order valence-electron chi connectivity index (χ3n) is 4.02. The second-order valence-electron chi connectivity index (χ2n) is 5.77. The molecule has 0 saturated heterocycles. The summed E-state index contributed by atoms with van der Waals surface area (Å²) in [5.74, 6) is 0.445. The lowest BCUT2D eigenvalue weighted by molar-refractivity contribution is -0.143. The Hall–Kier alpha value is -0.610. The summed E-state index contributed by atoms with van der Waals surface area (Å²) in [7, 11) is 1.73. The van der Waals surface area contributed by atoms with E-state index in [0.29, 0.717) is 17.9 Å². The molecule has 0 aromatic carbocycles. The summed E-state index contributed by atoms with van der Waals surface area (Å²) in [5.41, 5.74) is 0. The Kier molecular flexibility index (Phi) is 6.65. The van der Waals surface area contributed by atoms with Crippen LogP contribution >= 0.6 is 0 Å². The summed E-state index contributed by atoms with van der Waals surface area (Å²) in [6.07, 6.45) is 3.72. The van der Waals surface area contributed by atoms with Crippen LogP contribution in [0.2, 0.25) is 0 Å². The molecule has 0 spiro atoms. The highest BCUT2D eigenvalue weighted by Crippen LogP contribution is 2.28. The molecule has 106 valence electrons. The first-order chi connectivity index (χ1) is 8.54. The van der Waals surface area contributed by atoms with Crippen molar-refractivity contribution in [2.75, 3.05) is 20.3 Å². The van der Waals surface area contributed by atoms with Crippen molar-refractivity contribution in [3.63, 3.8) is 0 Å². The third kappa shape index (κ3) is 4.94. The molecule has 0 aliphatic heterocycles. The van der Waals surface area contributed by atoms with E-state index in [9.17, 15) is 4.79 Å². The van der Waals surface area contributed by atoms with Gasteiger partial charge >= 0.3 is 5.97 Å². The van der Waals surface area contributed by atoms with Crippen LogP contribution < -0.4 is 5.32 Å². The van der Waals surface area contributed by atoms with E-state index in [1.54, 1.807) is 7.11 Å². The average Bonchev–Trinajstić information content (AvgIpc) is 2.34. The van der Waals surface area contributed by atoms with Crippen molar-refractivity contribution in [3.8, 4) is 0 Å². The summed E-state index contributed by atoms with van der Waals surface area (Å²) in [6.45, 7) is 6.11. The molecular weight excluding hydrogens is 230 g/mol. The highest BCUT2D eigenvalue weighted by atomic mass is 16.5. The molecule has 18 heavy (non-hydrogen) atoms. The Morgan fingerprint density at radius 2 is 1.94 bits per heavy atom. The Balaban J connectivity index is 2.26. The van der Waals surface area contributed by atoms with Crippen LogP contribution in [0.4, 0.5) is 0 Å². The number of ether oxygens (including phenoxy) is 1. The van der Waals surface area contributed by atoms with Gasteiger partial charge in [0.05, 0.1) is 12.5 Å². The van der Waals surface area contributed by atoms with Gasteiger partial charge in [-0.1, -0.05) is 13.8 Å². The zero-order valence-electron chi connectivity index (χ0n) is 11.8. The highest BCUT2D eigenvalue weighted by Gasteiger charge is 2.26. The minimum Gasteiger partial charge on any atom is -0.481 e. The van der Waals surface area contributed by atoms with Crippen molar-refractivity contribution in [3.05, 3.63) is 0 Å². The lowest BCUT2D eigenvalue weighted by Crippen LogP contribution is -2.41. The van der Waals surface area contributed by atoms with Crippen LogP contribution in [0.5, 0.6) is 0 Å². The predicted octanol–water partition coefficient (Wildman–Crippen LogP) is 2.14. The van der Waals surface area contributed by atoms with Gasteiger partial charge in [0.25, 0.3) is 0 Å². The van der Waals surface area contributed by atoms with E-state index in [2.05, 4.69) is 19.2 Å². The quantitative estimate of drug-likeness (QED) is 0.733. The van der Waals surface area contributed by atoms with E-state index in [-0.39, 0.29) is 5.92 Å². The molecule has 1 saturated carbocycles. The van der Waals surface area contributed by atoms with E-state index < -0.39 is 5.97 Å². The van der Waals surface area contributed by atoms with Crippen LogP contribution in [0.25, 0.3) is 0 Å². The van der Waals surface area contributed by atoms with Gasteiger partial charge in [0.1, 0.15) is 0 Å². The third-order valence-corrected chi connectivity index (χ3v) is 4.02. The molecule has 1 aliphatic rings. The molecule has 1 atom stereocenters. The van der Waals surface area contributed by atoms with E-state index in [1.165, 1.54) is 0 Å². The summed E-state index contributed by atoms with van der Waals surface area (Å²) < 4.78 is 5.21. The SMILES string of the molecule is COCC(NCC1CCC(C(=O)O)CC1)C(C)C. The maximum Gasteiger partial charge on any atom is 0.306 e. The van der Waals surface area contributed by atoms with Gasteiger partial charge in [-0.05, 0) is 44.1 Å². The van der Waals surface area contributed by atoms with Gasteiger partial charge in [-0.15, -0.1) is 0 Å². The van der Waals surface area contributed by atoms with Crippen molar-refractivity contribution >= 4 is 5.97 Å². The van der Waals surface area contributed by atoms with Gasteiger partial charge < -0.3 is 15.2 Å². The lowest BCUT2D eigenvalue weighted by atomic mass is 9.82. The Morgan fingerprint density at radius 3 is 2.39 bits per heavy atom. The molecule has 4 nitrogen and oxygen atoms in total. The summed E-state index contributed by atoms with van der Waals surface area (Å²) in [4.78, 5) is 10.9. The van der Waals surface area contributed by atoms with Crippen LogP contribution in [0, 0.1) is 17.8 Å². The van der Waals surface area contributed by atoms with E-state index in [1.807, 2.05) is 0 Å². The molecule has 0 bridgehead atoms. The number of carbonyl (C=O) groups is 1. The number of hydrogen-bond acceptors (Lipinski definition) is 3. The van der Waals surface area contributed by atoms with Gasteiger partial charge in [0, 0.05) is 13.2 Å². The fourth-order valence-corrected chi connectivity index (χ4v) is 2.60. The summed E-state index contributed by atoms with van der Waals surface area (Å²) in [6, 6.07) is 0.396. The number of nitrogens with one attached hydrogen (secondary N) is 1. The second kappa shape index (κ2) is 7.74. The van der Waals surface area contributed by atoms with Crippen LogP contribution in [0.1, 0.15) is 39.5 Å². The first-order valence-electron chi connectivity index (χ1n) is 6.99. The fourth-order valence-electron chi connectivity index (χ4n) is 2.60. The Bertz CT molecular complexity index is 247. The standard InChI is InChI=1S/C14H27NO3/c1-10(2)13(9-18-3)15-8-11-4-6-12(7-5-11)14(16)17/h10-13,15H,4-9H2,1-3H3,(H,16,17). The van der Waals surface area contributed by atoms with Crippen molar-refractivity contribution in [1.29, 1.82) is 0 Å². The number of rotatable bonds is 7. The first kappa shape index (κ1) is 15.4. The van der Waals surface area contributed by atoms with E-state index in [4.69, 9.17) is 9.84 Å². The molecule has 4 heteroatoms. The molecule has 1 fully saturated rings. The number of carboxylic acid groups (broad SMARTS) is 1. The second-order valence-corrected chi connectivity index (χ2v) is 5.77. The molecule has 0 heterocycles. The van der Waals surface area contributed by atoms with Crippen LogP contribution in [-0.2, 0) is 9.53 Å². The minimum absolute atomic E-state index is 0.110. The van der Waals surface area contributed by atoms with Crippen LogP contribution in [0.15, 0.2) is 0 Å². The van der Waals surface area contributed by atoms with Gasteiger partial charge in [-0.25, -0.2) is 0 Å². The first-order valence-corrected chi connectivity index (χ1v) is 6.99. The predicted molar refractivity (Wildman–Crippen MR) is 71.6 cm³/mol. The summed E-state index contributed by atoms with van der Waals surface area (Å²) >= 11 is 0. The zero-order chi connectivity index (χ0) is 13.5.